The monoisotopic (exact) mass is 330 g/mol. The standard InChI is InChI=1S/C18H22N2O2S/c1-5-14-13-7-9-23-15(13)6-8-20(14)18(22)17-10(2)16(12(4)21)11(3)19-17/h7,9,14,19H,5-6,8H2,1-4H3. The number of thiophene rings is 1. The molecule has 0 saturated heterocycles. The van der Waals surface area contributed by atoms with Gasteiger partial charge in [-0.25, -0.2) is 0 Å². The van der Waals surface area contributed by atoms with Gasteiger partial charge in [0.05, 0.1) is 6.04 Å². The fraction of sp³-hybridized carbons (Fsp3) is 0.444. The number of aromatic nitrogens is 1. The van der Waals surface area contributed by atoms with Crippen molar-refractivity contribution in [2.24, 2.45) is 0 Å². The van der Waals surface area contributed by atoms with E-state index in [4.69, 9.17) is 0 Å². The Labute approximate surface area is 140 Å². The summed E-state index contributed by atoms with van der Waals surface area (Å²) in [6, 6.07) is 2.27. The highest BCUT2D eigenvalue weighted by atomic mass is 32.1. The number of aromatic amines is 1. The number of ketones is 1. The smallest absolute Gasteiger partial charge is 0.271 e. The predicted molar refractivity (Wildman–Crippen MR) is 92.4 cm³/mol. The molecule has 2 aromatic heterocycles. The normalized spacial score (nSPS) is 17.2. The molecule has 3 rings (SSSR count). The highest BCUT2D eigenvalue weighted by molar-refractivity contribution is 7.10. The van der Waals surface area contributed by atoms with Crippen LogP contribution in [-0.2, 0) is 6.42 Å². The number of nitrogens with zero attached hydrogens (tertiary/aromatic N) is 1. The first kappa shape index (κ1) is 16.0. The molecule has 0 spiro atoms. The molecular formula is C18H22N2O2S. The topological polar surface area (TPSA) is 53.2 Å². The summed E-state index contributed by atoms with van der Waals surface area (Å²) in [5.74, 6) is 0.00269. The number of hydrogen-bond donors (Lipinski definition) is 1. The number of aryl methyl sites for hydroxylation is 1. The van der Waals surface area contributed by atoms with E-state index in [9.17, 15) is 9.59 Å². The van der Waals surface area contributed by atoms with Crippen LogP contribution in [0.4, 0.5) is 0 Å². The molecule has 5 heteroatoms. The number of carbonyl (C=O) groups is 2. The van der Waals surface area contributed by atoms with Gasteiger partial charge in [-0.05, 0) is 56.2 Å². The Morgan fingerprint density at radius 3 is 2.74 bits per heavy atom. The Bertz CT molecular complexity index is 772. The van der Waals surface area contributed by atoms with Crippen LogP contribution < -0.4 is 0 Å². The van der Waals surface area contributed by atoms with Crippen molar-refractivity contribution in [3.8, 4) is 0 Å². The number of fused-ring (bicyclic) bond motifs is 1. The largest absolute Gasteiger partial charge is 0.354 e. The number of hydrogen-bond acceptors (Lipinski definition) is 3. The lowest BCUT2D eigenvalue weighted by atomic mass is 9.97. The maximum Gasteiger partial charge on any atom is 0.271 e. The van der Waals surface area contributed by atoms with E-state index in [1.54, 1.807) is 18.3 Å². The van der Waals surface area contributed by atoms with Crippen LogP contribution in [0.2, 0.25) is 0 Å². The van der Waals surface area contributed by atoms with Gasteiger partial charge in [0.2, 0.25) is 0 Å². The van der Waals surface area contributed by atoms with Crippen molar-refractivity contribution in [1.29, 1.82) is 0 Å². The third-order valence-electron chi connectivity index (χ3n) is 4.75. The van der Waals surface area contributed by atoms with Crippen LogP contribution in [0.5, 0.6) is 0 Å². The average molecular weight is 330 g/mol. The zero-order valence-corrected chi connectivity index (χ0v) is 14.8. The molecule has 1 aliphatic heterocycles. The number of H-pyrrole nitrogens is 1. The first-order valence-electron chi connectivity index (χ1n) is 8.03. The lowest BCUT2D eigenvalue weighted by molar-refractivity contribution is 0.0651. The lowest BCUT2D eigenvalue weighted by Crippen LogP contribution is -2.39. The molecule has 23 heavy (non-hydrogen) atoms. The number of amides is 1. The van der Waals surface area contributed by atoms with Crippen molar-refractivity contribution in [3.05, 3.63) is 44.4 Å². The fourth-order valence-electron chi connectivity index (χ4n) is 3.72. The summed E-state index contributed by atoms with van der Waals surface area (Å²) in [5, 5.41) is 2.11. The van der Waals surface area contributed by atoms with Crippen molar-refractivity contribution >= 4 is 23.0 Å². The molecule has 0 saturated carbocycles. The Kier molecular flexibility index (Phi) is 4.15. The van der Waals surface area contributed by atoms with E-state index in [0.717, 1.165) is 30.6 Å². The van der Waals surface area contributed by atoms with E-state index < -0.39 is 0 Å². The number of Topliss-reactive ketones (excluding diaryl/α,β-unsaturated/α-hetero) is 1. The van der Waals surface area contributed by atoms with Crippen molar-refractivity contribution in [3.63, 3.8) is 0 Å². The summed E-state index contributed by atoms with van der Waals surface area (Å²) in [7, 11) is 0. The minimum atomic E-state index is 0.00102. The fourth-order valence-corrected chi connectivity index (χ4v) is 4.64. The van der Waals surface area contributed by atoms with E-state index in [1.807, 2.05) is 18.7 Å². The van der Waals surface area contributed by atoms with E-state index in [0.29, 0.717) is 11.3 Å². The molecule has 1 aliphatic rings. The highest BCUT2D eigenvalue weighted by Gasteiger charge is 2.33. The quantitative estimate of drug-likeness (QED) is 0.863. The Morgan fingerprint density at radius 2 is 2.13 bits per heavy atom. The molecule has 1 amide bonds. The van der Waals surface area contributed by atoms with E-state index in [1.165, 1.54) is 10.4 Å². The second kappa shape index (κ2) is 5.96. The molecule has 122 valence electrons. The first-order chi connectivity index (χ1) is 11.0. The highest BCUT2D eigenvalue weighted by Crippen LogP contribution is 2.36. The van der Waals surface area contributed by atoms with E-state index in [2.05, 4.69) is 23.4 Å². The summed E-state index contributed by atoms with van der Waals surface area (Å²) >= 11 is 1.78. The van der Waals surface area contributed by atoms with Gasteiger partial charge in [-0.15, -0.1) is 11.3 Å². The van der Waals surface area contributed by atoms with Crippen LogP contribution in [-0.4, -0.2) is 28.1 Å². The van der Waals surface area contributed by atoms with Crippen LogP contribution >= 0.6 is 11.3 Å². The van der Waals surface area contributed by atoms with E-state index in [-0.39, 0.29) is 17.7 Å². The lowest BCUT2D eigenvalue weighted by Gasteiger charge is -2.35. The maximum atomic E-state index is 13.1. The van der Waals surface area contributed by atoms with Crippen molar-refractivity contribution < 1.29 is 9.59 Å². The molecular weight excluding hydrogens is 308 g/mol. The second-order valence-electron chi connectivity index (χ2n) is 6.15. The van der Waals surface area contributed by atoms with Gasteiger partial charge < -0.3 is 9.88 Å². The van der Waals surface area contributed by atoms with Gasteiger partial charge in [0.15, 0.2) is 5.78 Å². The summed E-state index contributed by atoms with van der Waals surface area (Å²) in [6.45, 7) is 8.10. The molecule has 3 heterocycles. The Balaban J connectivity index is 1.98. The third-order valence-corrected chi connectivity index (χ3v) is 5.74. The minimum Gasteiger partial charge on any atom is -0.354 e. The van der Waals surface area contributed by atoms with Crippen molar-refractivity contribution in [2.75, 3.05) is 6.54 Å². The maximum absolute atomic E-state index is 13.1. The first-order valence-corrected chi connectivity index (χ1v) is 8.91. The predicted octanol–water partition coefficient (Wildman–Crippen LogP) is 4.05. The number of carbonyl (C=O) groups excluding carboxylic acids is 2. The summed E-state index contributed by atoms with van der Waals surface area (Å²) in [4.78, 5) is 31.4. The van der Waals surface area contributed by atoms with Gasteiger partial charge in [-0.3, -0.25) is 9.59 Å². The zero-order chi connectivity index (χ0) is 16.7. The third kappa shape index (κ3) is 2.53. The second-order valence-corrected chi connectivity index (χ2v) is 7.15. The molecule has 1 unspecified atom stereocenters. The number of nitrogens with one attached hydrogen (secondary N) is 1. The molecule has 0 radical (unpaired) electrons. The molecule has 0 aliphatic carbocycles. The summed E-state index contributed by atoms with van der Waals surface area (Å²) in [6.07, 6.45) is 1.81. The van der Waals surface area contributed by atoms with Crippen LogP contribution in [0.15, 0.2) is 11.4 Å². The average Bonchev–Trinajstić information content (AvgIpc) is 3.09. The Hall–Kier alpha value is -1.88. The summed E-state index contributed by atoms with van der Waals surface area (Å²) < 4.78 is 0. The molecule has 1 N–H and O–H groups in total. The van der Waals surface area contributed by atoms with Gasteiger partial charge >= 0.3 is 0 Å². The zero-order valence-electron chi connectivity index (χ0n) is 14.0. The molecule has 2 aromatic rings. The minimum absolute atomic E-state index is 0.00102. The number of rotatable bonds is 3. The van der Waals surface area contributed by atoms with Crippen molar-refractivity contribution in [2.45, 2.75) is 46.6 Å². The van der Waals surface area contributed by atoms with Crippen LogP contribution in [0, 0.1) is 13.8 Å². The molecule has 0 fully saturated rings. The van der Waals surface area contributed by atoms with Gasteiger partial charge in [0, 0.05) is 22.7 Å². The molecule has 0 aromatic carbocycles. The van der Waals surface area contributed by atoms with Gasteiger partial charge in [0.25, 0.3) is 5.91 Å². The van der Waals surface area contributed by atoms with Crippen LogP contribution in [0.25, 0.3) is 0 Å². The molecule has 4 nitrogen and oxygen atoms in total. The van der Waals surface area contributed by atoms with Crippen LogP contribution in [0.1, 0.15) is 68.9 Å². The molecule has 0 bridgehead atoms. The molecule has 1 atom stereocenters. The van der Waals surface area contributed by atoms with Gasteiger partial charge in [-0.2, -0.15) is 0 Å². The van der Waals surface area contributed by atoms with Crippen LogP contribution in [0.3, 0.4) is 0 Å². The SMILES string of the molecule is CCC1c2ccsc2CCN1C(=O)c1[nH]c(C)c(C(C)=O)c1C. The Morgan fingerprint density at radius 1 is 1.39 bits per heavy atom. The van der Waals surface area contributed by atoms with Gasteiger partial charge in [-0.1, -0.05) is 6.92 Å². The van der Waals surface area contributed by atoms with Crippen molar-refractivity contribution in [1.82, 2.24) is 9.88 Å². The van der Waals surface area contributed by atoms with E-state index >= 15 is 0 Å². The summed E-state index contributed by atoms with van der Waals surface area (Å²) in [5.41, 5.74) is 4.04. The van der Waals surface area contributed by atoms with Gasteiger partial charge in [0.1, 0.15) is 5.69 Å².